The van der Waals surface area contributed by atoms with Gasteiger partial charge in [0.25, 0.3) is 5.56 Å². The molecule has 2 N–H and O–H groups in total. The van der Waals surface area contributed by atoms with Gasteiger partial charge in [0, 0.05) is 17.1 Å². The first-order chi connectivity index (χ1) is 12.2. The molecule has 4 heterocycles. The lowest BCUT2D eigenvalue weighted by Crippen LogP contribution is -2.48. The molecular formula is C18H18ClN3O3S. The summed E-state index contributed by atoms with van der Waals surface area (Å²) in [5, 5.41) is 12.5. The summed E-state index contributed by atoms with van der Waals surface area (Å²) in [7, 11) is 0. The Balaban J connectivity index is 2.00. The van der Waals surface area contributed by atoms with Gasteiger partial charge in [0.2, 0.25) is 0 Å². The van der Waals surface area contributed by atoms with Crippen LogP contribution in [0.25, 0.3) is 20.7 Å². The van der Waals surface area contributed by atoms with E-state index in [0.717, 1.165) is 15.8 Å². The third-order valence-corrected chi connectivity index (χ3v) is 6.33. The molecule has 0 amide bonds. The molecule has 4 rings (SSSR count). The third-order valence-electron chi connectivity index (χ3n) is 4.92. The van der Waals surface area contributed by atoms with E-state index in [4.69, 9.17) is 16.3 Å². The van der Waals surface area contributed by atoms with Crippen LogP contribution in [0, 0.1) is 5.41 Å². The number of hydrogen-bond acceptors (Lipinski definition) is 6. The minimum atomic E-state index is -1.28. The first-order valence-corrected chi connectivity index (χ1v) is 9.37. The SMILES string of the molecule is CC(C)(C)C1(O)COCc2c1[nH]c(=O)c1sc(-c3ncncc3Cl)cc21. The van der Waals surface area contributed by atoms with E-state index in [1.165, 1.54) is 23.9 Å². The Labute approximate surface area is 158 Å². The molecule has 8 heteroatoms. The molecule has 0 aliphatic carbocycles. The zero-order valence-electron chi connectivity index (χ0n) is 14.6. The summed E-state index contributed by atoms with van der Waals surface area (Å²) in [6, 6.07) is 1.89. The van der Waals surface area contributed by atoms with E-state index in [9.17, 15) is 9.90 Å². The van der Waals surface area contributed by atoms with Crippen LogP contribution in [0.5, 0.6) is 0 Å². The average Bonchev–Trinajstić information content (AvgIpc) is 3.01. The summed E-state index contributed by atoms with van der Waals surface area (Å²) < 4.78 is 6.27. The predicted molar refractivity (Wildman–Crippen MR) is 101 cm³/mol. The van der Waals surface area contributed by atoms with Gasteiger partial charge in [-0.05, 0) is 11.5 Å². The van der Waals surface area contributed by atoms with Gasteiger partial charge in [0.1, 0.15) is 22.3 Å². The van der Waals surface area contributed by atoms with Gasteiger partial charge in [0.05, 0.1) is 28.8 Å². The number of aliphatic hydroxyl groups is 1. The molecular weight excluding hydrogens is 374 g/mol. The van der Waals surface area contributed by atoms with E-state index in [0.29, 0.717) is 27.7 Å². The minimum absolute atomic E-state index is 0.139. The van der Waals surface area contributed by atoms with E-state index >= 15 is 0 Å². The molecule has 1 aliphatic rings. The van der Waals surface area contributed by atoms with Crippen molar-refractivity contribution >= 4 is 33.0 Å². The molecule has 0 bridgehead atoms. The summed E-state index contributed by atoms with van der Waals surface area (Å²) in [6.07, 6.45) is 2.95. The highest BCUT2D eigenvalue weighted by molar-refractivity contribution is 7.22. The maximum Gasteiger partial charge on any atom is 0.266 e. The monoisotopic (exact) mass is 391 g/mol. The second kappa shape index (κ2) is 5.85. The minimum Gasteiger partial charge on any atom is -0.381 e. The lowest BCUT2D eigenvalue weighted by atomic mass is 9.72. The summed E-state index contributed by atoms with van der Waals surface area (Å²) in [6.45, 7) is 6.24. The van der Waals surface area contributed by atoms with Crippen LogP contribution in [-0.4, -0.2) is 26.7 Å². The predicted octanol–water partition coefficient (Wildman–Crippen LogP) is 3.46. The number of nitrogens with one attached hydrogen (secondary N) is 1. The van der Waals surface area contributed by atoms with E-state index in [1.807, 2.05) is 26.8 Å². The van der Waals surface area contributed by atoms with Crippen molar-refractivity contribution in [3.63, 3.8) is 0 Å². The van der Waals surface area contributed by atoms with Crippen molar-refractivity contribution in [2.24, 2.45) is 5.41 Å². The van der Waals surface area contributed by atoms with Crippen LogP contribution in [0.2, 0.25) is 5.02 Å². The molecule has 1 aliphatic heterocycles. The molecule has 0 saturated carbocycles. The molecule has 3 aromatic rings. The Morgan fingerprint density at radius 2 is 2.19 bits per heavy atom. The van der Waals surface area contributed by atoms with Crippen molar-refractivity contribution in [3.05, 3.63) is 45.2 Å². The molecule has 0 fully saturated rings. The number of fused-ring (bicyclic) bond motifs is 3. The second-order valence-corrected chi connectivity index (χ2v) is 8.94. The molecule has 1 atom stereocenters. The summed E-state index contributed by atoms with van der Waals surface area (Å²) in [5.41, 5.74) is -0.0951. The number of halogens is 1. The molecule has 136 valence electrons. The van der Waals surface area contributed by atoms with Crippen LogP contribution in [0.1, 0.15) is 32.0 Å². The van der Waals surface area contributed by atoms with E-state index in [1.54, 1.807) is 0 Å². The topological polar surface area (TPSA) is 88.1 Å². The van der Waals surface area contributed by atoms with Gasteiger partial charge in [0.15, 0.2) is 0 Å². The molecule has 1 unspecified atom stereocenters. The number of hydrogen-bond donors (Lipinski definition) is 2. The molecule has 0 saturated heterocycles. The van der Waals surface area contributed by atoms with Gasteiger partial charge >= 0.3 is 0 Å². The number of aromatic nitrogens is 3. The van der Waals surface area contributed by atoms with Crippen molar-refractivity contribution in [3.8, 4) is 10.6 Å². The summed E-state index contributed by atoms with van der Waals surface area (Å²) in [5.74, 6) is 0. The van der Waals surface area contributed by atoms with E-state index in [2.05, 4.69) is 15.0 Å². The number of nitrogens with zero attached hydrogens (tertiary/aromatic N) is 2. The fraction of sp³-hybridized carbons (Fsp3) is 0.389. The number of aromatic amines is 1. The Morgan fingerprint density at radius 1 is 1.42 bits per heavy atom. The van der Waals surface area contributed by atoms with Crippen LogP contribution < -0.4 is 5.56 Å². The molecule has 6 nitrogen and oxygen atoms in total. The van der Waals surface area contributed by atoms with Crippen LogP contribution >= 0.6 is 22.9 Å². The number of thiophene rings is 1. The molecule has 0 spiro atoms. The first kappa shape index (κ1) is 17.6. The van der Waals surface area contributed by atoms with Crippen molar-refractivity contribution in [2.75, 3.05) is 6.61 Å². The third kappa shape index (κ3) is 2.50. The van der Waals surface area contributed by atoms with Gasteiger partial charge in [-0.1, -0.05) is 32.4 Å². The Kier molecular flexibility index (Phi) is 3.96. The molecule has 0 radical (unpaired) electrons. The van der Waals surface area contributed by atoms with Gasteiger partial charge in [-0.15, -0.1) is 11.3 Å². The number of ether oxygens (including phenoxy) is 1. The maximum atomic E-state index is 12.7. The van der Waals surface area contributed by atoms with Crippen LogP contribution in [0.4, 0.5) is 0 Å². The maximum absolute atomic E-state index is 12.7. The standard InChI is InChI=1S/C18H18ClN3O3S/c1-17(2,3)18(24)7-25-6-10-9-4-12(13-11(19)5-20-8-21-13)26-14(9)16(23)22-15(10)18/h4-5,8,24H,6-7H2,1-3H3,(H,22,23). The fourth-order valence-corrected chi connectivity index (χ4v) is 4.60. The fourth-order valence-electron chi connectivity index (χ4n) is 3.24. The average molecular weight is 392 g/mol. The highest BCUT2D eigenvalue weighted by Gasteiger charge is 2.47. The van der Waals surface area contributed by atoms with Crippen LogP contribution in [-0.2, 0) is 16.9 Å². The van der Waals surface area contributed by atoms with Crippen molar-refractivity contribution in [1.82, 2.24) is 15.0 Å². The number of pyridine rings is 1. The van der Waals surface area contributed by atoms with Crippen molar-refractivity contribution in [1.29, 1.82) is 0 Å². The van der Waals surface area contributed by atoms with Crippen molar-refractivity contribution < 1.29 is 9.84 Å². The van der Waals surface area contributed by atoms with Gasteiger partial charge in [-0.3, -0.25) is 4.79 Å². The largest absolute Gasteiger partial charge is 0.381 e. The highest BCUT2D eigenvalue weighted by Crippen LogP contribution is 2.45. The van der Waals surface area contributed by atoms with E-state index < -0.39 is 11.0 Å². The number of H-pyrrole nitrogens is 1. The second-order valence-electron chi connectivity index (χ2n) is 7.48. The highest BCUT2D eigenvalue weighted by atomic mass is 35.5. The Bertz CT molecular complexity index is 1070. The quantitative estimate of drug-likeness (QED) is 0.663. The Hall–Kier alpha value is -1.80. The van der Waals surface area contributed by atoms with Gasteiger partial charge < -0.3 is 14.8 Å². The van der Waals surface area contributed by atoms with Gasteiger partial charge in [-0.2, -0.15) is 0 Å². The molecule has 26 heavy (non-hydrogen) atoms. The summed E-state index contributed by atoms with van der Waals surface area (Å²) >= 11 is 7.52. The molecule has 0 aromatic carbocycles. The first-order valence-electron chi connectivity index (χ1n) is 8.17. The van der Waals surface area contributed by atoms with Gasteiger partial charge in [-0.25, -0.2) is 9.97 Å². The van der Waals surface area contributed by atoms with Crippen molar-refractivity contribution in [2.45, 2.75) is 33.0 Å². The zero-order valence-corrected chi connectivity index (χ0v) is 16.2. The number of rotatable bonds is 1. The lowest BCUT2D eigenvalue weighted by Gasteiger charge is -2.43. The van der Waals surface area contributed by atoms with Crippen LogP contribution in [0.15, 0.2) is 23.4 Å². The molecule has 3 aromatic heterocycles. The Morgan fingerprint density at radius 3 is 2.88 bits per heavy atom. The van der Waals surface area contributed by atoms with Crippen LogP contribution in [0.3, 0.4) is 0 Å². The summed E-state index contributed by atoms with van der Waals surface area (Å²) in [4.78, 5) is 24.5. The smallest absolute Gasteiger partial charge is 0.266 e. The lowest BCUT2D eigenvalue weighted by molar-refractivity contribution is -0.139. The normalized spacial score (nSPS) is 20.3. The zero-order chi connectivity index (χ0) is 18.7. The van der Waals surface area contributed by atoms with E-state index in [-0.39, 0.29) is 12.2 Å².